The smallest absolute Gasteiger partial charge is 0.0486 e. The van der Waals surface area contributed by atoms with Gasteiger partial charge in [-0.1, -0.05) is 30.1 Å². The number of nitrogens with zero attached hydrogens (tertiary/aromatic N) is 2. The first-order valence-electron chi connectivity index (χ1n) is 6.77. The van der Waals surface area contributed by atoms with Crippen molar-refractivity contribution in [1.29, 1.82) is 0 Å². The topological polar surface area (TPSA) is 32.5 Å². The molecule has 1 aromatic rings. The normalized spacial score (nSPS) is 19.6. The maximum Gasteiger partial charge on any atom is 0.0486 e. The third-order valence-electron chi connectivity index (χ3n) is 3.84. The second-order valence-corrected chi connectivity index (χ2v) is 5.73. The van der Waals surface area contributed by atoms with Gasteiger partial charge in [0.25, 0.3) is 0 Å². The van der Waals surface area contributed by atoms with E-state index in [0.717, 1.165) is 43.3 Å². The molecule has 19 heavy (non-hydrogen) atoms. The first kappa shape index (κ1) is 15.1. The lowest BCUT2D eigenvalue weighted by Crippen LogP contribution is -2.48. The Hall–Kier alpha value is -0.320. The fraction of sp³-hybridized carbons (Fsp3) is 0.571. The van der Waals surface area contributed by atoms with Gasteiger partial charge in [-0.25, -0.2) is 0 Å². The minimum atomic E-state index is 0.158. The Bertz CT molecular complexity index is 417. The lowest BCUT2D eigenvalue weighted by molar-refractivity contribution is 0.102. The highest BCUT2D eigenvalue weighted by Gasteiger charge is 2.25. The van der Waals surface area contributed by atoms with Crippen LogP contribution in [0.5, 0.6) is 0 Å². The number of halogens is 2. The summed E-state index contributed by atoms with van der Waals surface area (Å²) in [5.74, 6) is 0. The zero-order valence-corrected chi connectivity index (χ0v) is 12.8. The van der Waals surface area contributed by atoms with Gasteiger partial charge in [0.2, 0.25) is 0 Å². The zero-order valence-electron chi connectivity index (χ0n) is 11.3. The summed E-state index contributed by atoms with van der Waals surface area (Å²) in [7, 11) is 0. The van der Waals surface area contributed by atoms with Crippen molar-refractivity contribution in [3.8, 4) is 0 Å². The summed E-state index contributed by atoms with van der Waals surface area (Å²) < 4.78 is 0. The van der Waals surface area contributed by atoms with Crippen LogP contribution in [0.15, 0.2) is 18.2 Å². The number of nitrogens with two attached hydrogens (primary N) is 1. The lowest BCUT2D eigenvalue weighted by Gasteiger charge is -2.39. The largest absolute Gasteiger partial charge is 0.329 e. The van der Waals surface area contributed by atoms with Crippen LogP contribution in [0.4, 0.5) is 0 Å². The minimum absolute atomic E-state index is 0.158. The SMILES string of the molecule is CCN1CCN(C(CN)c2cc(Cl)ccc2Cl)CC1. The molecule has 0 radical (unpaired) electrons. The van der Waals surface area contributed by atoms with Crippen LogP contribution in [0.1, 0.15) is 18.5 Å². The van der Waals surface area contributed by atoms with Crippen LogP contribution in [0, 0.1) is 0 Å². The van der Waals surface area contributed by atoms with Gasteiger partial charge in [-0.2, -0.15) is 0 Å². The van der Waals surface area contributed by atoms with Crippen molar-refractivity contribution in [2.45, 2.75) is 13.0 Å². The van der Waals surface area contributed by atoms with Gasteiger partial charge in [-0.15, -0.1) is 0 Å². The molecule has 2 rings (SSSR count). The van der Waals surface area contributed by atoms with Crippen molar-refractivity contribution < 1.29 is 0 Å². The quantitative estimate of drug-likeness (QED) is 0.928. The summed E-state index contributed by atoms with van der Waals surface area (Å²) in [6.45, 7) is 8.10. The highest BCUT2D eigenvalue weighted by molar-refractivity contribution is 6.33. The van der Waals surface area contributed by atoms with Crippen molar-refractivity contribution in [2.24, 2.45) is 5.73 Å². The van der Waals surface area contributed by atoms with Crippen molar-refractivity contribution in [3.05, 3.63) is 33.8 Å². The minimum Gasteiger partial charge on any atom is -0.329 e. The van der Waals surface area contributed by atoms with Crippen molar-refractivity contribution in [3.63, 3.8) is 0 Å². The molecule has 0 aliphatic carbocycles. The highest BCUT2D eigenvalue weighted by atomic mass is 35.5. The molecule has 0 amide bonds. The van der Waals surface area contributed by atoms with Gasteiger partial charge >= 0.3 is 0 Å². The third-order valence-corrected chi connectivity index (χ3v) is 4.41. The molecular formula is C14H21Cl2N3. The van der Waals surface area contributed by atoms with Crippen LogP contribution in [0.2, 0.25) is 10.0 Å². The van der Waals surface area contributed by atoms with E-state index in [9.17, 15) is 0 Å². The van der Waals surface area contributed by atoms with Gasteiger partial charge in [-0.3, -0.25) is 4.90 Å². The molecule has 5 heteroatoms. The second-order valence-electron chi connectivity index (χ2n) is 4.89. The Labute approximate surface area is 125 Å². The maximum atomic E-state index is 6.29. The number of piperazine rings is 1. The molecule has 1 aliphatic heterocycles. The van der Waals surface area contributed by atoms with E-state index in [1.807, 2.05) is 18.2 Å². The number of likely N-dealkylation sites (N-methyl/N-ethyl adjacent to an activating group) is 1. The summed E-state index contributed by atoms with van der Waals surface area (Å²) >= 11 is 12.4. The zero-order chi connectivity index (χ0) is 13.8. The number of hydrogen-bond acceptors (Lipinski definition) is 3. The Morgan fingerprint density at radius 1 is 1.21 bits per heavy atom. The van der Waals surface area contributed by atoms with Crippen LogP contribution >= 0.6 is 23.2 Å². The van der Waals surface area contributed by atoms with Gasteiger partial charge in [-0.05, 0) is 30.3 Å². The number of benzene rings is 1. The molecule has 1 saturated heterocycles. The van der Waals surface area contributed by atoms with Crippen LogP contribution in [-0.2, 0) is 0 Å². The Balaban J connectivity index is 2.14. The average Bonchev–Trinajstić information content (AvgIpc) is 2.44. The summed E-state index contributed by atoms with van der Waals surface area (Å²) in [5.41, 5.74) is 7.01. The molecule has 2 N–H and O–H groups in total. The Kier molecular flexibility index (Phi) is 5.48. The van der Waals surface area contributed by atoms with E-state index in [-0.39, 0.29) is 6.04 Å². The van der Waals surface area contributed by atoms with E-state index in [4.69, 9.17) is 28.9 Å². The molecule has 1 atom stereocenters. The van der Waals surface area contributed by atoms with Gasteiger partial charge in [0, 0.05) is 48.8 Å². The first-order valence-corrected chi connectivity index (χ1v) is 7.52. The van der Waals surface area contributed by atoms with Crippen molar-refractivity contribution >= 4 is 23.2 Å². The van der Waals surface area contributed by atoms with E-state index in [2.05, 4.69) is 16.7 Å². The van der Waals surface area contributed by atoms with E-state index in [1.54, 1.807) is 0 Å². The molecule has 106 valence electrons. The van der Waals surface area contributed by atoms with Crippen LogP contribution in [0.25, 0.3) is 0 Å². The Morgan fingerprint density at radius 3 is 2.47 bits per heavy atom. The molecule has 0 spiro atoms. The number of rotatable bonds is 4. The van der Waals surface area contributed by atoms with E-state index in [0.29, 0.717) is 11.6 Å². The molecule has 0 saturated carbocycles. The fourth-order valence-electron chi connectivity index (χ4n) is 2.63. The summed E-state index contributed by atoms with van der Waals surface area (Å²) in [6, 6.07) is 5.76. The molecular weight excluding hydrogens is 281 g/mol. The Morgan fingerprint density at radius 2 is 1.89 bits per heavy atom. The summed E-state index contributed by atoms with van der Waals surface area (Å²) in [4.78, 5) is 4.85. The molecule has 0 bridgehead atoms. The van der Waals surface area contributed by atoms with Gasteiger partial charge in [0.05, 0.1) is 0 Å². The predicted molar refractivity (Wildman–Crippen MR) is 81.9 cm³/mol. The van der Waals surface area contributed by atoms with Crippen molar-refractivity contribution in [1.82, 2.24) is 9.80 Å². The van der Waals surface area contributed by atoms with Gasteiger partial charge < -0.3 is 10.6 Å². The number of hydrogen-bond donors (Lipinski definition) is 1. The van der Waals surface area contributed by atoms with E-state index in [1.165, 1.54) is 0 Å². The highest BCUT2D eigenvalue weighted by Crippen LogP contribution is 2.30. The molecule has 1 unspecified atom stereocenters. The van der Waals surface area contributed by atoms with Crippen LogP contribution < -0.4 is 5.73 Å². The maximum absolute atomic E-state index is 6.29. The van der Waals surface area contributed by atoms with Crippen molar-refractivity contribution in [2.75, 3.05) is 39.3 Å². The standard InChI is InChI=1S/C14H21Cl2N3/c1-2-18-5-7-19(8-6-18)14(10-17)12-9-11(15)3-4-13(12)16/h3-4,9,14H,2,5-8,10,17H2,1H3. The van der Waals surface area contributed by atoms with Crippen LogP contribution in [0.3, 0.4) is 0 Å². The summed E-state index contributed by atoms with van der Waals surface area (Å²) in [6.07, 6.45) is 0. The van der Waals surface area contributed by atoms with Gasteiger partial charge in [0.1, 0.15) is 0 Å². The first-order chi connectivity index (χ1) is 9.15. The molecule has 1 aliphatic rings. The molecule has 1 heterocycles. The lowest BCUT2D eigenvalue weighted by atomic mass is 10.0. The van der Waals surface area contributed by atoms with E-state index < -0.39 is 0 Å². The molecule has 1 aromatic carbocycles. The molecule has 1 fully saturated rings. The van der Waals surface area contributed by atoms with Crippen LogP contribution in [-0.4, -0.2) is 49.1 Å². The summed E-state index contributed by atoms with van der Waals surface area (Å²) in [5, 5.41) is 1.46. The monoisotopic (exact) mass is 301 g/mol. The third kappa shape index (κ3) is 3.61. The van der Waals surface area contributed by atoms with Gasteiger partial charge in [0.15, 0.2) is 0 Å². The molecule has 3 nitrogen and oxygen atoms in total. The van der Waals surface area contributed by atoms with E-state index >= 15 is 0 Å². The fourth-order valence-corrected chi connectivity index (χ4v) is 3.06. The predicted octanol–water partition coefficient (Wildman–Crippen LogP) is 2.63. The molecule has 0 aromatic heterocycles. The second kappa shape index (κ2) is 6.91. The average molecular weight is 302 g/mol.